The minimum atomic E-state index is 0.0352. The van der Waals surface area contributed by atoms with E-state index in [-0.39, 0.29) is 23.5 Å². The van der Waals surface area contributed by atoms with Crippen molar-refractivity contribution in [2.45, 2.75) is 60.3 Å². The van der Waals surface area contributed by atoms with Crippen LogP contribution in [0.15, 0.2) is 30.3 Å². The van der Waals surface area contributed by atoms with E-state index in [0.29, 0.717) is 5.75 Å². The number of benzene rings is 2. The van der Waals surface area contributed by atoms with E-state index in [1.807, 2.05) is 59.7 Å². The summed E-state index contributed by atoms with van der Waals surface area (Å²) in [4.78, 5) is 12.3. The van der Waals surface area contributed by atoms with Crippen LogP contribution in [0.1, 0.15) is 63.1 Å². The molecule has 0 unspecified atom stereocenters. The molecule has 2 N–H and O–H groups in total. The van der Waals surface area contributed by atoms with Gasteiger partial charge in [-0.25, -0.2) is 0 Å². The molecule has 4 heteroatoms. The topological polar surface area (TPSA) is 58.6 Å². The summed E-state index contributed by atoms with van der Waals surface area (Å²) >= 11 is 0. The fourth-order valence-corrected chi connectivity index (χ4v) is 3.26. The molecule has 0 aromatic heterocycles. The summed E-state index contributed by atoms with van der Waals surface area (Å²) in [6.07, 6.45) is 1.67. The minimum Gasteiger partial charge on any atom is -0.508 e. The molecule has 0 bridgehead atoms. The number of ether oxygens (including phenoxy) is 1. The molecule has 0 radical (unpaired) electrons. The molecule has 2 rings (SSSR count). The summed E-state index contributed by atoms with van der Waals surface area (Å²) in [5.41, 5.74) is 3.56. The third-order valence-electron chi connectivity index (χ3n) is 4.93. The second-order valence-electron chi connectivity index (χ2n) is 7.42. The van der Waals surface area contributed by atoms with Crippen LogP contribution in [-0.2, 0) is 4.79 Å². The molecule has 1 amide bonds. The molecule has 0 saturated carbocycles. The first-order chi connectivity index (χ1) is 12.8. The summed E-state index contributed by atoms with van der Waals surface area (Å²) in [5.74, 6) is 2.05. The number of phenols is 1. The molecule has 146 valence electrons. The lowest BCUT2D eigenvalue weighted by atomic mass is 10.0. The van der Waals surface area contributed by atoms with Gasteiger partial charge in [0.15, 0.2) is 0 Å². The molecular weight excluding hydrogens is 338 g/mol. The van der Waals surface area contributed by atoms with E-state index < -0.39 is 0 Å². The molecule has 27 heavy (non-hydrogen) atoms. The number of rotatable bonds is 7. The lowest BCUT2D eigenvalue weighted by Crippen LogP contribution is -2.21. The highest BCUT2D eigenvalue weighted by molar-refractivity contribution is 5.92. The maximum absolute atomic E-state index is 12.3. The maximum atomic E-state index is 12.3. The zero-order chi connectivity index (χ0) is 20.1. The van der Waals surface area contributed by atoms with Gasteiger partial charge in [0.05, 0.1) is 0 Å². The fraction of sp³-hybridized carbons (Fsp3) is 0.435. The number of phenolic OH excluding ortho intramolecular Hbond substituents is 1. The average molecular weight is 370 g/mol. The van der Waals surface area contributed by atoms with Crippen molar-refractivity contribution < 1.29 is 14.6 Å². The van der Waals surface area contributed by atoms with Crippen LogP contribution in [0.2, 0.25) is 0 Å². The highest BCUT2D eigenvalue weighted by Crippen LogP contribution is 2.35. The summed E-state index contributed by atoms with van der Waals surface area (Å²) in [5, 5.41) is 13.0. The molecule has 0 saturated heterocycles. The zero-order valence-electron chi connectivity index (χ0n) is 17.2. The van der Waals surface area contributed by atoms with Gasteiger partial charge in [-0.05, 0) is 74.1 Å². The van der Waals surface area contributed by atoms with E-state index in [4.69, 9.17) is 4.74 Å². The zero-order valence-corrected chi connectivity index (χ0v) is 17.2. The van der Waals surface area contributed by atoms with Crippen molar-refractivity contribution in [3.8, 4) is 17.2 Å². The Morgan fingerprint density at radius 1 is 1.07 bits per heavy atom. The van der Waals surface area contributed by atoms with Gasteiger partial charge in [-0.1, -0.05) is 27.7 Å². The highest BCUT2D eigenvalue weighted by Gasteiger charge is 2.16. The van der Waals surface area contributed by atoms with Crippen molar-refractivity contribution >= 4 is 11.6 Å². The van der Waals surface area contributed by atoms with Gasteiger partial charge >= 0.3 is 0 Å². The Morgan fingerprint density at radius 2 is 1.67 bits per heavy atom. The van der Waals surface area contributed by atoms with E-state index >= 15 is 0 Å². The first kappa shape index (κ1) is 20.8. The standard InChI is InChI=1S/C23H31NO3/c1-7-17(8-2)23(26)24-18-11-15(5)22(16(6)12-18)27-19-9-10-21(25)20(13-19)14(3)4/h9-14,17,25H,7-8H2,1-6H3,(H,24,26). The fourth-order valence-electron chi connectivity index (χ4n) is 3.26. The second kappa shape index (κ2) is 8.94. The predicted molar refractivity (Wildman–Crippen MR) is 111 cm³/mol. The normalized spacial score (nSPS) is 11.1. The monoisotopic (exact) mass is 369 g/mol. The Hall–Kier alpha value is -2.49. The molecule has 0 spiro atoms. The summed E-state index contributed by atoms with van der Waals surface area (Å²) in [6, 6.07) is 9.18. The number of carbonyl (C=O) groups excluding carboxylic acids is 1. The third kappa shape index (κ3) is 5.03. The van der Waals surface area contributed by atoms with Gasteiger partial charge in [0, 0.05) is 17.2 Å². The van der Waals surface area contributed by atoms with Crippen LogP contribution in [0.5, 0.6) is 17.2 Å². The maximum Gasteiger partial charge on any atom is 0.227 e. The lowest BCUT2D eigenvalue weighted by Gasteiger charge is -2.17. The number of carbonyl (C=O) groups is 1. The van der Waals surface area contributed by atoms with Crippen LogP contribution >= 0.6 is 0 Å². The third-order valence-corrected chi connectivity index (χ3v) is 4.93. The van der Waals surface area contributed by atoms with E-state index in [1.54, 1.807) is 12.1 Å². The second-order valence-corrected chi connectivity index (χ2v) is 7.42. The summed E-state index contributed by atoms with van der Waals surface area (Å²) in [7, 11) is 0. The van der Waals surface area contributed by atoms with E-state index in [1.165, 1.54) is 0 Å². The molecule has 2 aromatic carbocycles. The minimum absolute atomic E-state index is 0.0352. The van der Waals surface area contributed by atoms with Crippen molar-refractivity contribution in [1.29, 1.82) is 0 Å². The number of nitrogens with one attached hydrogen (secondary N) is 1. The summed E-state index contributed by atoms with van der Waals surface area (Å²) in [6.45, 7) is 12.1. The Bertz CT molecular complexity index is 784. The van der Waals surface area contributed by atoms with Gasteiger partial charge in [0.25, 0.3) is 0 Å². The Balaban J connectivity index is 2.25. The predicted octanol–water partition coefficient (Wildman–Crippen LogP) is 6.30. The quantitative estimate of drug-likeness (QED) is 0.602. The molecule has 0 fully saturated rings. The van der Waals surface area contributed by atoms with Crippen LogP contribution in [0, 0.1) is 19.8 Å². The molecule has 0 aliphatic heterocycles. The number of hydrogen-bond acceptors (Lipinski definition) is 3. The van der Waals surface area contributed by atoms with Gasteiger partial charge in [-0.15, -0.1) is 0 Å². The van der Waals surface area contributed by atoms with Crippen LogP contribution in [0.3, 0.4) is 0 Å². The van der Waals surface area contributed by atoms with Crippen LogP contribution in [0.25, 0.3) is 0 Å². The number of aryl methyl sites for hydroxylation is 2. The number of hydrogen-bond donors (Lipinski definition) is 2. The Labute approximate surface area is 162 Å². The first-order valence-electron chi connectivity index (χ1n) is 9.69. The smallest absolute Gasteiger partial charge is 0.227 e. The largest absolute Gasteiger partial charge is 0.508 e. The molecule has 0 aliphatic rings. The molecular formula is C23H31NO3. The van der Waals surface area contributed by atoms with Crippen LogP contribution in [0.4, 0.5) is 5.69 Å². The number of aromatic hydroxyl groups is 1. The number of anilines is 1. The van der Waals surface area contributed by atoms with Crippen LogP contribution < -0.4 is 10.1 Å². The SMILES string of the molecule is CCC(CC)C(=O)Nc1cc(C)c(Oc2ccc(O)c(C(C)C)c2)c(C)c1. The molecule has 0 aliphatic carbocycles. The van der Waals surface area contributed by atoms with Gasteiger partial charge in [-0.2, -0.15) is 0 Å². The molecule has 2 aromatic rings. The van der Waals surface area contributed by atoms with Crippen molar-refractivity contribution in [3.63, 3.8) is 0 Å². The van der Waals surface area contributed by atoms with Gasteiger partial charge in [0.2, 0.25) is 5.91 Å². The van der Waals surface area contributed by atoms with Crippen molar-refractivity contribution in [3.05, 3.63) is 47.0 Å². The van der Waals surface area contributed by atoms with E-state index in [9.17, 15) is 9.90 Å². The van der Waals surface area contributed by atoms with Crippen molar-refractivity contribution in [1.82, 2.24) is 0 Å². The first-order valence-corrected chi connectivity index (χ1v) is 9.69. The molecule has 0 atom stereocenters. The lowest BCUT2D eigenvalue weighted by molar-refractivity contribution is -0.120. The average Bonchev–Trinajstić information content (AvgIpc) is 2.60. The van der Waals surface area contributed by atoms with E-state index in [0.717, 1.165) is 41.0 Å². The Morgan fingerprint density at radius 3 is 2.19 bits per heavy atom. The summed E-state index contributed by atoms with van der Waals surface area (Å²) < 4.78 is 6.11. The van der Waals surface area contributed by atoms with Gasteiger partial charge < -0.3 is 15.2 Å². The molecule has 0 heterocycles. The van der Waals surface area contributed by atoms with Gasteiger partial charge in [-0.3, -0.25) is 4.79 Å². The Kier molecular flexibility index (Phi) is 6.89. The van der Waals surface area contributed by atoms with Crippen molar-refractivity contribution in [2.75, 3.05) is 5.32 Å². The number of amides is 1. The van der Waals surface area contributed by atoms with Crippen LogP contribution in [-0.4, -0.2) is 11.0 Å². The van der Waals surface area contributed by atoms with E-state index in [2.05, 4.69) is 5.32 Å². The highest BCUT2D eigenvalue weighted by atomic mass is 16.5. The molecule has 4 nitrogen and oxygen atoms in total. The van der Waals surface area contributed by atoms with Gasteiger partial charge in [0.1, 0.15) is 17.2 Å². The van der Waals surface area contributed by atoms with Crippen molar-refractivity contribution in [2.24, 2.45) is 5.92 Å².